The fraction of sp³-hybridized carbons (Fsp3) is 0.312. The molecule has 0 radical (unpaired) electrons. The predicted molar refractivity (Wildman–Crippen MR) is 91.8 cm³/mol. The van der Waals surface area contributed by atoms with Crippen molar-refractivity contribution in [2.45, 2.75) is 24.6 Å². The van der Waals surface area contributed by atoms with Gasteiger partial charge in [0.1, 0.15) is 4.21 Å². The number of sulfonamides is 1. The molecule has 0 aliphatic rings. The zero-order chi connectivity index (χ0) is 16.9. The van der Waals surface area contributed by atoms with Crippen LogP contribution in [0, 0.1) is 6.92 Å². The standard InChI is InChI=1S/C16H20N2O3S2/c1-3-18(12-14-7-5-4-6-8-14)15(19)11-17-23(20,21)16-10-9-13(2)22-16/h4-10,17H,3,11-12H2,1-2H3. The van der Waals surface area contributed by atoms with Crippen molar-refractivity contribution in [2.24, 2.45) is 0 Å². The number of amides is 1. The van der Waals surface area contributed by atoms with E-state index in [2.05, 4.69) is 4.72 Å². The van der Waals surface area contributed by atoms with Crippen LogP contribution in [0.3, 0.4) is 0 Å². The Morgan fingerprint density at radius 3 is 2.43 bits per heavy atom. The molecule has 0 saturated carbocycles. The predicted octanol–water partition coefficient (Wildman–Crippen LogP) is 2.38. The molecule has 1 heterocycles. The fourth-order valence-electron chi connectivity index (χ4n) is 2.08. The Hall–Kier alpha value is -1.70. The molecule has 0 bridgehead atoms. The van der Waals surface area contributed by atoms with Crippen molar-refractivity contribution in [3.63, 3.8) is 0 Å². The molecule has 1 amide bonds. The summed E-state index contributed by atoms with van der Waals surface area (Å²) in [4.78, 5) is 14.8. The lowest BCUT2D eigenvalue weighted by Gasteiger charge is -2.21. The van der Waals surface area contributed by atoms with Crippen LogP contribution in [-0.2, 0) is 21.4 Å². The van der Waals surface area contributed by atoms with E-state index >= 15 is 0 Å². The van der Waals surface area contributed by atoms with Crippen molar-refractivity contribution in [3.05, 3.63) is 52.9 Å². The first kappa shape index (κ1) is 17.7. The highest BCUT2D eigenvalue weighted by molar-refractivity contribution is 7.91. The number of likely N-dealkylation sites (N-methyl/N-ethyl adjacent to an activating group) is 1. The van der Waals surface area contributed by atoms with E-state index in [9.17, 15) is 13.2 Å². The third-order valence-electron chi connectivity index (χ3n) is 3.34. The molecule has 0 aliphatic carbocycles. The van der Waals surface area contributed by atoms with E-state index < -0.39 is 10.0 Å². The summed E-state index contributed by atoms with van der Waals surface area (Å²) in [6, 6.07) is 12.9. The molecule has 2 aromatic rings. The van der Waals surface area contributed by atoms with E-state index in [0.717, 1.165) is 10.4 Å². The summed E-state index contributed by atoms with van der Waals surface area (Å²) in [5.74, 6) is -0.242. The first-order valence-electron chi connectivity index (χ1n) is 7.30. The molecule has 7 heteroatoms. The highest BCUT2D eigenvalue weighted by atomic mass is 32.2. The molecule has 0 atom stereocenters. The zero-order valence-electron chi connectivity index (χ0n) is 13.2. The first-order chi connectivity index (χ1) is 10.9. The Bertz CT molecular complexity index is 755. The van der Waals surface area contributed by atoms with E-state index in [-0.39, 0.29) is 16.7 Å². The SMILES string of the molecule is CCN(Cc1ccccc1)C(=O)CNS(=O)(=O)c1ccc(C)s1. The van der Waals surface area contributed by atoms with Gasteiger partial charge in [-0.05, 0) is 31.5 Å². The zero-order valence-corrected chi connectivity index (χ0v) is 14.8. The molecule has 0 aliphatic heterocycles. The molecule has 5 nitrogen and oxygen atoms in total. The Morgan fingerprint density at radius 1 is 1.17 bits per heavy atom. The topological polar surface area (TPSA) is 66.5 Å². The van der Waals surface area contributed by atoms with Crippen molar-refractivity contribution in [2.75, 3.05) is 13.1 Å². The van der Waals surface area contributed by atoms with E-state index in [1.807, 2.05) is 44.2 Å². The molecule has 1 aromatic heterocycles. The van der Waals surface area contributed by atoms with Gasteiger partial charge in [-0.2, -0.15) is 0 Å². The van der Waals surface area contributed by atoms with E-state index in [4.69, 9.17) is 0 Å². The second-order valence-corrected chi connectivity index (χ2v) is 8.36. The summed E-state index contributed by atoms with van der Waals surface area (Å²) >= 11 is 1.19. The molecular formula is C16H20N2O3S2. The number of hydrogen-bond acceptors (Lipinski definition) is 4. The molecule has 2 rings (SSSR count). The summed E-state index contributed by atoms with van der Waals surface area (Å²) in [6.45, 7) is 4.47. The van der Waals surface area contributed by atoms with Crippen molar-refractivity contribution in [3.8, 4) is 0 Å². The van der Waals surface area contributed by atoms with Crippen molar-refractivity contribution in [1.29, 1.82) is 0 Å². The summed E-state index contributed by atoms with van der Waals surface area (Å²) in [5, 5.41) is 0. The molecule has 0 spiro atoms. The summed E-state index contributed by atoms with van der Waals surface area (Å²) in [5.41, 5.74) is 1.01. The second-order valence-electron chi connectivity index (χ2n) is 5.08. The van der Waals surface area contributed by atoms with Crippen LogP contribution in [0.4, 0.5) is 0 Å². The number of nitrogens with zero attached hydrogens (tertiary/aromatic N) is 1. The molecular weight excluding hydrogens is 332 g/mol. The molecule has 124 valence electrons. The van der Waals surface area contributed by atoms with Crippen molar-refractivity contribution in [1.82, 2.24) is 9.62 Å². The van der Waals surface area contributed by atoms with Gasteiger partial charge in [-0.15, -0.1) is 11.3 Å². The number of carbonyl (C=O) groups excluding carboxylic acids is 1. The van der Waals surface area contributed by atoms with Crippen LogP contribution < -0.4 is 4.72 Å². The van der Waals surface area contributed by atoms with E-state index in [0.29, 0.717) is 13.1 Å². The van der Waals surface area contributed by atoms with Crippen LogP contribution in [0.25, 0.3) is 0 Å². The number of thiophene rings is 1. The van der Waals surface area contributed by atoms with Gasteiger partial charge in [0.25, 0.3) is 10.0 Å². The van der Waals surface area contributed by atoms with Crippen molar-refractivity contribution >= 4 is 27.3 Å². The number of hydrogen-bond donors (Lipinski definition) is 1. The van der Waals surface area contributed by atoms with Crippen LogP contribution in [0.2, 0.25) is 0 Å². The van der Waals surface area contributed by atoms with Gasteiger partial charge in [0.15, 0.2) is 0 Å². The minimum Gasteiger partial charge on any atom is -0.338 e. The third kappa shape index (κ3) is 4.89. The number of aryl methyl sites for hydroxylation is 1. The molecule has 0 unspecified atom stereocenters. The average Bonchev–Trinajstić information content (AvgIpc) is 2.99. The van der Waals surface area contributed by atoms with Gasteiger partial charge in [-0.25, -0.2) is 13.1 Å². The minimum atomic E-state index is -3.63. The first-order valence-corrected chi connectivity index (χ1v) is 9.60. The van der Waals surface area contributed by atoms with Gasteiger partial charge in [-0.3, -0.25) is 4.79 Å². The molecule has 1 N–H and O–H groups in total. The number of carbonyl (C=O) groups is 1. The fourth-order valence-corrected chi connectivity index (χ4v) is 4.38. The van der Waals surface area contributed by atoms with Gasteiger partial charge in [0.2, 0.25) is 5.91 Å². The lowest BCUT2D eigenvalue weighted by Crippen LogP contribution is -2.39. The Balaban J connectivity index is 1.97. The maximum absolute atomic E-state index is 12.3. The van der Waals surface area contributed by atoms with Crippen molar-refractivity contribution < 1.29 is 13.2 Å². The monoisotopic (exact) mass is 352 g/mol. The van der Waals surface area contributed by atoms with Crippen LogP contribution in [0.1, 0.15) is 17.4 Å². The Kier molecular flexibility index (Phi) is 5.92. The summed E-state index contributed by atoms with van der Waals surface area (Å²) in [7, 11) is -3.63. The second kappa shape index (κ2) is 7.72. The molecule has 23 heavy (non-hydrogen) atoms. The third-order valence-corrected chi connectivity index (χ3v) is 6.24. The van der Waals surface area contributed by atoms with Crippen LogP contribution in [-0.4, -0.2) is 32.3 Å². The van der Waals surface area contributed by atoms with E-state index in [1.54, 1.807) is 17.0 Å². The Morgan fingerprint density at radius 2 is 1.87 bits per heavy atom. The van der Waals surface area contributed by atoms with Crippen LogP contribution in [0.5, 0.6) is 0 Å². The van der Waals surface area contributed by atoms with Gasteiger partial charge >= 0.3 is 0 Å². The summed E-state index contributed by atoms with van der Waals surface area (Å²) in [6.07, 6.45) is 0. The largest absolute Gasteiger partial charge is 0.338 e. The minimum absolute atomic E-state index is 0.230. The maximum atomic E-state index is 12.3. The molecule has 0 saturated heterocycles. The smallest absolute Gasteiger partial charge is 0.250 e. The highest BCUT2D eigenvalue weighted by Crippen LogP contribution is 2.20. The number of benzene rings is 1. The maximum Gasteiger partial charge on any atom is 0.250 e. The number of rotatable bonds is 7. The van der Waals surface area contributed by atoms with Gasteiger partial charge in [0.05, 0.1) is 6.54 Å². The Labute approximate surface area is 141 Å². The number of nitrogens with one attached hydrogen (secondary N) is 1. The highest BCUT2D eigenvalue weighted by Gasteiger charge is 2.19. The summed E-state index contributed by atoms with van der Waals surface area (Å²) < 4.78 is 26.9. The lowest BCUT2D eigenvalue weighted by molar-refractivity contribution is -0.130. The van der Waals surface area contributed by atoms with Gasteiger partial charge < -0.3 is 4.90 Å². The van der Waals surface area contributed by atoms with E-state index in [1.165, 1.54) is 11.3 Å². The normalized spacial score (nSPS) is 11.4. The molecule has 1 aromatic carbocycles. The van der Waals surface area contributed by atoms with Gasteiger partial charge in [-0.1, -0.05) is 30.3 Å². The van der Waals surface area contributed by atoms with Crippen LogP contribution >= 0.6 is 11.3 Å². The molecule has 0 fully saturated rings. The quantitative estimate of drug-likeness (QED) is 0.832. The average molecular weight is 352 g/mol. The van der Waals surface area contributed by atoms with Crippen LogP contribution in [0.15, 0.2) is 46.7 Å². The van der Waals surface area contributed by atoms with Gasteiger partial charge in [0, 0.05) is 18.0 Å². The lowest BCUT2D eigenvalue weighted by atomic mass is 10.2.